The lowest BCUT2D eigenvalue weighted by atomic mass is 10.1. The van der Waals surface area contributed by atoms with E-state index in [9.17, 15) is 5.11 Å². The third-order valence-electron chi connectivity index (χ3n) is 4.00. The number of benzene rings is 1. The van der Waals surface area contributed by atoms with Gasteiger partial charge < -0.3 is 9.63 Å². The highest BCUT2D eigenvalue weighted by Crippen LogP contribution is 2.18. The first-order valence-corrected chi connectivity index (χ1v) is 7.57. The Kier molecular flexibility index (Phi) is 4.31. The molecule has 112 valence electrons. The number of aliphatic hydroxyl groups is 1. The Morgan fingerprint density at radius 1 is 1.24 bits per heavy atom. The van der Waals surface area contributed by atoms with Gasteiger partial charge in [0.15, 0.2) is 0 Å². The Bertz CT molecular complexity index is 571. The van der Waals surface area contributed by atoms with Crippen molar-refractivity contribution in [2.75, 3.05) is 13.1 Å². The van der Waals surface area contributed by atoms with E-state index in [1.54, 1.807) is 0 Å². The number of hydrogen-bond donors (Lipinski definition) is 1. The van der Waals surface area contributed by atoms with Gasteiger partial charge in [-0.05, 0) is 24.8 Å². The molecule has 3 rings (SSSR count). The van der Waals surface area contributed by atoms with Gasteiger partial charge in [0.25, 0.3) is 0 Å². The SMILES string of the molecule is CCc1ccc(-c2noc(CN3CCC(O)CC3)n2)cc1. The summed E-state index contributed by atoms with van der Waals surface area (Å²) in [5.74, 6) is 1.28. The van der Waals surface area contributed by atoms with E-state index in [-0.39, 0.29) is 6.10 Å². The lowest BCUT2D eigenvalue weighted by molar-refractivity contribution is 0.0740. The van der Waals surface area contributed by atoms with Crippen LogP contribution in [0.25, 0.3) is 11.4 Å². The van der Waals surface area contributed by atoms with Crippen molar-refractivity contribution in [1.29, 1.82) is 0 Å². The highest BCUT2D eigenvalue weighted by atomic mass is 16.5. The molecule has 5 heteroatoms. The van der Waals surface area contributed by atoms with Gasteiger partial charge in [0.1, 0.15) is 0 Å². The molecule has 0 bridgehead atoms. The maximum atomic E-state index is 9.51. The molecule has 1 aliphatic rings. The first-order valence-electron chi connectivity index (χ1n) is 7.57. The van der Waals surface area contributed by atoms with Gasteiger partial charge in [-0.2, -0.15) is 4.98 Å². The van der Waals surface area contributed by atoms with Crippen LogP contribution in [0.3, 0.4) is 0 Å². The fraction of sp³-hybridized carbons (Fsp3) is 0.500. The molecule has 0 unspecified atom stereocenters. The van der Waals surface area contributed by atoms with Crippen LogP contribution in [-0.2, 0) is 13.0 Å². The van der Waals surface area contributed by atoms with Gasteiger partial charge in [-0.25, -0.2) is 0 Å². The molecule has 0 radical (unpaired) electrons. The number of likely N-dealkylation sites (tertiary alicyclic amines) is 1. The van der Waals surface area contributed by atoms with Crippen LogP contribution < -0.4 is 0 Å². The summed E-state index contributed by atoms with van der Waals surface area (Å²) in [7, 11) is 0. The van der Waals surface area contributed by atoms with Gasteiger partial charge in [-0.3, -0.25) is 4.90 Å². The molecular formula is C16H21N3O2. The zero-order valence-electron chi connectivity index (χ0n) is 12.3. The number of aryl methyl sites for hydroxylation is 1. The van der Waals surface area contributed by atoms with Crippen LogP contribution in [0.15, 0.2) is 28.8 Å². The molecule has 1 fully saturated rings. The lowest BCUT2D eigenvalue weighted by Gasteiger charge is -2.27. The molecule has 5 nitrogen and oxygen atoms in total. The van der Waals surface area contributed by atoms with Crippen LogP contribution in [0, 0.1) is 0 Å². The number of nitrogens with zero attached hydrogens (tertiary/aromatic N) is 3. The average molecular weight is 287 g/mol. The molecule has 0 saturated carbocycles. The first kappa shape index (κ1) is 14.2. The van der Waals surface area contributed by atoms with Crippen molar-refractivity contribution in [1.82, 2.24) is 15.0 Å². The quantitative estimate of drug-likeness (QED) is 0.934. The monoisotopic (exact) mass is 287 g/mol. The summed E-state index contributed by atoms with van der Waals surface area (Å²) in [5, 5.41) is 13.6. The summed E-state index contributed by atoms with van der Waals surface area (Å²) in [6, 6.07) is 8.25. The van der Waals surface area contributed by atoms with E-state index in [1.807, 2.05) is 12.1 Å². The van der Waals surface area contributed by atoms with E-state index in [2.05, 4.69) is 34.1 Å². The van der Waals surface area contributed by atoms with Crippen molar-refractivity contribution < 1.29 is 9.63 Å². The number of aromatic nitrogens is 2. The van der Waals surface area contributed by atoms with Crippen LogP contribution in [0.2, 0.25) is 0 Å². The molecule has 0 atom stereocenters. The van der Waals surface area contributed by atoms with Crippen LogP contribution >= 0.6 is 0 Å². The zero-order chi connectivity index (χ0) is 14.7. The van der Waals surface area contributed by atoms with Gasteiger partial charge in [0, 0.05) is 18.7 Å². The summed E-state index contributed by atoms with van der Waals surface area (Å²) in [6.07, 6.45) is 2.51. The predicted molar refractivity (Wildman–Crippen MR) is 79.6 cm³/mol. The normalized spacial score (nSPS) is 17.2. The van der Waals surface area contributed by atoms with Crippen molar-refractivity contribution >= 4 is 0 Å². The van der Waals surface area contributed by atoms with Crippen LogP contribution in [-0.4, -0.2) is 39.3 Å². The Morgan fingerprint density at radius 2 is 1.95 bits per heavy atom. The lowest BCUT2D eigenvalue weighted by Crippen LogP contribution is -2.35. The highest BCUT2D eigenvalue weighted by Gasteiger charge is 2.19. The number of rotatable bonds is 4. The summed E-state index contributed by atoms with van der Waals surface area (Å²) in [6.45, 7) is 4.55. The van der Waals surface area contributed by atoms with Gasteiger partial charge in [0.2, 0.25) is 11.7 Å². The van der Waals surface area contributed by atoms with Crippen LogP contribution in [0.1, 0.15) is 31.2 Å². The van der Waals surface area contributed by atoms with E-state index in [4.69, 9.17) is 4.52 Å². The fourth-order valence-corrected chi connectivity index (χ4v) is 2.59. The number of aliphatic hydroxyl groups excluding tert-OH is 1. The minimum atomic E-state index is -0.156. The molecule has 2 aromatic rings. The van der Waals surface area contributed by atoms with E-state index < -0.39 is 0 Å². The highest BCUT2D eigenvalue weighted by molar-refractivity contribution is 5.54. The maximum Gasteiger partial charge on any atom is 0.241 e. The van der Waals surface area contributed by atoms with Crippen LogP contribution in [0.4, 0.5) is 0 Å². The summed E-state index contributed by atoms with van der Waals surface area (Å²) >= 11 is 0. The smallest absolute Gasteiger partial charge is 0.241 e. The number of piperidine rings is 1. The van der Waals surface area contributed by atoms with E-state index in [0.717, 1.165) is 37.9 Å². The topological polar surface area (TPSA) is 62.4 Å². The second kappa shape index (κ2) is 6.37. The molecule has 2 heterocycles. The van der Waals surface area contributed by atoms with Gasteiger partial charge in [0.05, 0.1) is 12.6 Å². The van der Waals surface area contributed by atoms with Crippen LogP contribution in [0.5, 0.6) is 0 Å². The standard InChI is InChI=1S/C16H21N3O2/c1-2-12-3-5-13(6-4-12)16-17-15(21-18-16)11-19-9-7-14(20)8-10-19/h3-6,14,20H,2,7-11H2,1H3. The zero-order valence-corrected chi connectivity index (χ0v) is 12.3. The third kappa shape index (κ3) is 3.49. The second-order valence-corrected chi connectivity index (χ2v) is 5.57. The van der Waals surface area contributed by atoms with Gasteiger partial charge >= 0.3 is 0 Å². The van der Waals surface area contributed by atoms with Crippen molar-refractivity contribution in [3.05, 3.63) is 35.7 Å². The molecular weight excluding hydrogens is 266 g/mol. The second-order valence-electron chi connectivity index (χ2n) is 5.57. The van der Waals surface area contributed by atoms with Crippen molar-refractivity contribution in [2.24, 2.45) is 0 Å². The predicted octanol–water partition coefficient (Wildman–Crippen LogP) is 2.26. The average Bonchev–Trinajstić information content (AvgIpc) is 2.98. The molecule has 0 aliphatic carbocycles. The molecule has 0 amide bonds. The van der Waals surface area contributed by atoms with Crippen molar-refractivity contribution in [2.45, 2.75) is 38.8 Å². The van der Waals surface area contributed by atoms with E-state index in [1.165, 1.54) is 5.56 Å². The minimum Gasteiger partial charge on any atom is -0.393 e. The molecule has 1 N–H and O–H groups in total. The maximum absolute atomic E-state index is 9.51. The van der Waals surface area contributed by atoms with Crippen molar-refractivity contribution in [3.63, 3.8) is 0 Å². The molecule has 21 heavy (non-hydrogen) atoms. The number of hydrogen-bond acceptors (Lipinski definition) is 5. The first-order chi connectivity index (χ1) is 10.2. The molecule has 1 aliphatic heterocycles. The Morgan fingerprint density at radius 3 is 2.62 bits per heavy atom. The Balaban J connectivity index is 1.65. The van der Waals surface area contributed by atoms with Gasteiger partial charge in [-0.15, -0.1) is 0 Å². The summed E-state index contributed by atoms with van der Waals surface area (Å²) in [4.78, 5) is 6.71. The van der Waals surface area contributed by atoms with E-state index >= 15 is 0 Å². The van der Waals surface area contributed by atoms with Crippen molar-refractivity contribution in [3.8, 4) is 11.4 Å². The Hall–Kier alpha value is -1.72. The third-order valence-corrected chi connectivity index (χ3v) is 4.00. The molecule has 1 aromatic heterocycles. The molecule has 0 spiro atoms. The summed E-state index contributed by atoms with van der Waals surface area (Å²) < 4.78 is 5.34. The minimum absolute atomic E-state index is 0.156. The largest absolute Gasteiger partial charge is 0.393 e. The molecule has 1 aromatic carbocycles. The van der Waals surface area contributed by atoms with E-state index in [0.29, 0.717) is 18.3 Å². The Labute approximate surface area is 124 Å². The fourth-order valence-electron chi connectivity index (χ4n) is 2.59. The summed E-state index contributed by atoms with van der Waals surface area (Å²) in [5.41, 5.74) is 2.28. The molecule has 1 saturated heterocycles. The van der Waals surface area contributed by atoms with Gasteiger partial charge in [-0.1, -0.05) is 36.3 Å².